The molecule has 1 aromatic heterocycles. The van der Waals surface area contributed by atoms with E-state index in [4.69, 9.17) is 16.3 Å². The minimum atomic E-state index is -1.29. The Morgan fingerprint density at radius 1 is 0.932 bits per heavy atom. The average Bonchev–Trinajstić information content (AvgIpc) is 3.04. The number of carbonyl (C=O) groups is 2. The molecule has 3 atom stereocenters. The highest BCUT2D eigenvalue weighted by Gasteiger charge is 2.55. The van der Waals surface area contributed by atoms with Crippen molar-refractivity contribution < 1.29 is 14.3 Å². The first-order valence-electron chi connectivity index (χ1n) is 14.3. The smallest absolute Gasteiger partial charge is 0.345 e. The highest BCUT2D eigenvalue weighted by atomic mass is 35.5. The van der Waals surface area contributed by atoms with Gasteiger partial charge in [-0.05, 0) is 49.6 Å². The van der Waals surface area contributed by atoms with Gasteiger partial charge in [-0.1, -0.05) is 114 Å². The molecule has 44 heavy (non-hydrogen) atoms. The van der Waals surface area contributed by atoms with Crippen LogP contribution in [0.25, 0.3) is 0 Å². The molecular weight excluding hydrogens is 590 g/mol. The highest BCUT2D eigenvalue weighted by Crippen LogP contribution is 2.42. The van der Waals surface area contributed by atoms with Crippen LogP contribution in [-0.2, 0) is 19.9 Å². The summed E-state index contributed by atoms with van der Waals surface area (Å²) in [7, 11) is 0. The molecule has 6 nitrogen and oxygen atoms in total. The summed E-state index contributed by atoms with van der Waals surface area (Å²) in [5, 5.41) is 3.26. The number of esters is 1. The van der Waals surface area contributed by atoms with E-state index >= 15 is 0 Å². The number of benzene rings is 3. The van der Waals surface area contributed by atoms with Gasteiger partial charge in [-0.15, -0.1) is 11.8 Å². The summed E-state index contributed by atoms with van der Waals surface area (Å²) >= 11 is 8.12. The maximum atomic E-state index is 14.0. The van der Waals surface area contributed by atoms with Crippen molar-refractivity contribution in [2.24, 2.45) is 0 Å². The van der Waals surface area contributed by atoms with Crippen LogP contribution >= 0.6 is 23.4 Å². The lowest BCUT2D eigenvalue weighted by molar-refractivity contribution is -0.167. The van der Waals surface area contributed by atoms with Crippen LogP contribution in [0.5, 0.6) is 0 Å². The molecule has 224 valence electrons. The standard InChI is InChI=1S/C36H34ClN3O3S/c1-35(2,3)43-34(42)31(37)40-32(41)30(33(40)44-24-14-16-26-15-13-23-38-25-26)39-36(27-17-7-4-8-18-27,28-19-9-5-10-20-28)29-21-11-6-12-22-29/h4-13,15,17-23,25,30-31,33,39H,24H2,1-3H3. The van der Waals surface area contributed by atoms with Crippen LogP contribution in [0.2, 0.25) is 0 Å². The molecule has 0 spiro atoms. The van der Waals surface area contributed by atoms with E-state index in [1.807, 2.05) is 66.7 Å². The molecule has 0 saturated carbocycles. The largest absolute Gasteiger partial charge is 0.458 e. The summed E-state index contributed by atoms with van der Waals surface area (Å²) in [6.45, 7) is 5.31. The molecule has 3 unspecified atom stereocenters. The molecule has 0 radical (unpaired) electrons. The molecule has 1 fully saturated rings. The summed E-state index contributed by atoms with van der Waals surface area (Å²) < 4.78 is 5.55. The number of likely N-dealkylation sites (tertiary alicyclic amines) is 1. The lowest BCUT2D eigenvalue weighted by Gasteiger charge is -2.52. The SMILES string of the molecule is CC(C)(C)OC(=O)C(Cl)N1C(=O)C(NC(c2ccccc2)(c2ccccc2)c2ccccc2)C1SCC#Cc1cccnc1. The lowest BCUT2D eigenvalue weighted by Crippen LogP contribution is -2.74. The summed E-state index contributed by atoms with van der Waals surface area (Å²) in [4.78, 5) is 32.6. The van der Waals surface area contributed by atoms with Gasteiger partial charge in [0, 0.05) is 18.0 Å². The zero-order chi connectivity index (χ0) is 31.2. The number of amides is 1. The molecule has 8 heteroatoms. The Bertz CT molecular complexity index is 1520. The number of hydrogen-bond acceptors (Lipinski definition) is 6. The normalized spacial score (nSPS) is 17.2. The quantitative estimate of drug-likeness (QED) is 0.0599. The van der Waals surface area contributed by atoms with E-state index in [1.165, 1.54) is 16.7 Å². The van der Waals surface area contributed by atoms with Gasteiger partial charge in [-0.2, -0.15) is 0 Å². The van der Waals surface area contributed by atoms with Gasteiger partial charge in [-0.25, -0.2) is 4.79 Å². The van der Waals surface area contributed by atoms with E-state index in [-0.39, 0.29) is 5.91 Å². The highest BCUT2D eigenvalue weighted by molar-refractivity contribution is 8.00. The third-order valence-corrected chi connectivity index (χ3v) is 8.68. The van der Waals surface area contributed by atoms with E-state index < -0.39 is 34.0 Å². The molecule has 0 bridgehead atoms. The van der Waals surface area contributed by atoms with Gasteiger partial charge >= 0.3 is 5.97 Å². The Kier molecular flexibility index (Phi) is 9.75. The fraction of sp³-hybridized carbons (Fsp3) is 0.250. The molecule has 1 saturated heterocycles. The number of hydrogen-bond donors (Lipinski definition) is 1. The topological polar surface area (TPSA) is 71.5 Å². The molecule has 1 amide bonds. The number of thioether (sulfide) groups is 1. The minimum absolute atomic E-state index is 0.291. The third kappa shape index (κ3) is 6.84. The number of ether oxygens (including phenoxy) is 1. The maximum absolute atomic E-state index is 14.0. The second-order valence-electron chi connectivity index (χ2n) is 11.3. The van der Waals surface area contributed by atoms with E-state index in [1.54, 1.807) is 33.2 Å². The number of rotatable bonds is 9. The van der Waals surface area contributed by atoms with E-state index in [9.17, 15) is 9.59 Å². The fourth-order valence-electron chi connectivity index (χ4n) is 5.25. The maximum Gasteiger partial charge on any atom is 0.345 e. The first-order valence-corrected chi connectivity index (χ1v) is 15.8. The van der Waals surface area contributed by atoms with Crippen LogP contribution in [0.15, 0.2) is 116 Å². The molecule has 3 aromatic carbocycles. The monoisotopic (exact) mass is 623 g/mol. The van der Waals surface area contributed by atoms with Crippen LogP contribution in [0.3, 0.4) is 0 Å². The second-order valence-corrected chi connectivity index (χ2v) is 12.8. The van der Waals surface area contributed by atoms with E-state index in [2.05, 4.69) is 58.5 Å². The zero-order valence-electron chi connectivity index (χ0n) is 24.8. The van der Waals surface area contributed by atoms with Crippen molar-refractivity contribution in [2.45, 2.75) is 48.8 Å². The predicted molar refractivity (Wildman–Crippen MR) is 176 cm³/mol. The van der Waals surface area contributed by atoms with Crippen molar-refractivity contribution in [2.75, 3.05) is 5.75 Å². The van der Waals surface area contributed by atoms with Gasteiger partial charge in [0.05, 0.1) is 11.3 Å². The summed E-state index contributed by atoms with van der Waals surface area (Å²) in [6.07, 6.45) is 3.40. The molecule has 0 aliphatic carbocycles. The Balaban J connectivity index is 1.54. The predicted octanol–water partition coefficient (Wildman–Crippen LogP) is 6.19. The van der Waals surface area contributed by atoms with Crippen molar-refractivity contribution >= 4 is 35.2 Å². The number of pyridine rings is 1. The first-order chi connectivity index (χ1) is 21.2. The Morgan fingerprint density at radius 3 is 1.95 bits per heavy atom. The number of aromatic nitrogens is 1. The number of β-lactam (4-membered cyclic amide) rings is 1. The zero-order valence-corrected chi connectivity index (χ0v) is 26.4. The van der Waals surface area contributed by atoms with E-state index in [0.29, 0.717) is 5.75 Å². The molecule has 4 aromatic rings. The van der Waals surface area contributed by atoms with Crippen molar-refractivity contribution in [3.05, 3.63) is 138 Å². The van der Waals surface area contributed by atoms with Gasteiger partial charge < -0.3 is 9.64 Å². The van der Waals surface area contributed by atoms with Crippen molar-refractivity contribution in [3.8, 4) is 11.8 Å². The van der Waals surface area contributed by atoms with Gasteiger partial charge in [0.1, 0.15) is 17.0 Å². The number of nitrogens with one attached hydrogen (secondary N) is 1. The van der Waals surface area contributed by atoms with Crippen molar-refractivity contribution in [3.63, 3.8) is 0 Å². The van der Waals surface area contributed by atoms with Crippen LogP contribution in [-0.4, -0.2) is 50.0 Å². The molecule has 5 rings (SSSR count). The average molecular weight is 624 g/mol. The third-order valence-electron chi connectivity index (χ3n) is 7.14. The van der Waals surface area contributed by atoms with Crippen LogP contribution in [0, 0.1) is 11.8 Å². The van der Waals surface area contributed by atoms with Crippen LogP contribution in [0.4, 0.5) is 0 Å². The Labute approximate surface area is 268 Å². The minimum Gasteiger partial charge on any atom is -0.458 e. The van der Waals surface area contributed by atoms with Crippen LogP contribution < -0.4 is 5.32 Å². The van der Waals surface area contributed by atoms with Gasteiger partial charge in [-0.3, -0.25) is 15.1 Å². The van der Waals surface area contributed by atoms with Gasteiger partial charge in [0.2, 0.25) is 11.4 Å². The molecule has 1 aliphatic rings. The second kappa shape index (κ2) is 13.7. The summed E-state index contributed by atoms with van der Waals surface area (Å²) in [5.74, 6) is 5.72. The summed E-state index contributed by atoms with van der Waals surface area (Å²) in [5.41, 5.74) is 0.781. The number of alkyl halides is 1. The molecule has 1 N–H and O–H groups in total. The summed E-state index contributed by atoms with van der Waals surface area (Å²) in [6, 6.07) is 33.2. The Hall–Kier alpha value is -4.09. The van der Waals surface area contributed by atoms with Gasteiger partial charge in [0.15, 0.2) is 0 Å². The number of nitrogens with zero attached hydrogens (tertiary/aromatic N) is 2. The van der Waals surface area contributed by atoms with Gasteiger partial charge in [0.25, 0.3) is 0 Å². The van der Waals surface area contributed by atoms with Crippen LogP contribution in [0.1, 0.15) is 43.0 Å². The van der Waals surface area contributed by atoms with E-state index in [0.717, 1.165) is 22.3 Å². The molecule has 2 heterocycles. The fourth-order valence-corrected chi connectivity index (χ4v) is 6.67. The number of carbonyl (C=O) groups excluding carboxylic acids is 2. The molecule has 1 aliphatic heterocycles. The Morgan fingerprint density at radius 2 is 1.48 bits per heavy atom. The lowest BCUT2D eigenvalue weighted by atomic mass is 9.76. The number of halogens is 1. The van der Waals surface area contributed by atoms with Crippen molar-refractivity contribution in [1.82, 2.24) is 15.2 Å². The first kappa shape index (κ1) is 31.3. The van der Waals surface area contributed by atoms with Crippen molar-refractivity contribution in [1.29, 1.82) is 0 Å². The molecular formula is C36H34ClN3O3S.